The van der Waals surface area contributed by atoms with E-state index >= 15 is 0 Å². The van der Waals surface area contributed by atoms with E-state index in [9.17, 15) is 0 Å². The maximum absolute atomic E-state index is 5.48. The van der Waals surface area contributed by atoms with Gasteiger partial charge in [0.2, 0.25) is 0 Å². The highest BCUT2D eigenvalue weighted by Gasteiger charge is 2.15. The molecule has 0 unspecified atom stereocenters. The van der Waals surface area contributed by atoms with E-state index in [2.05, 4.69) is 76.2 Å². The topological polar surface area (TPSA) is 54.7 Å². The standard InChI is InChI=1S/C26H35N5O/c1-3-27-26(30(2)15-12-21-13-16-32-17-14-21)28-18-22-8-10-23(11-9-22)19-31-20-29-24-6-4-5-7-25(24)31/h4-11,20-21H,3,12-19H2,1-2H3,(H,27,28). The number of ether oxygens (including phenoxy) is 1. The van der Waals surface area contributed by atoms with Gasteiger partial charge in [-0.3, -0.25) is 0 Å². The average molecular weight is 434 g/mol. The Morgan fingerprint density at radius 2 is 1.88 bits per heavy atom. The van der Waals surface area contributed by atoms with Crippen molar-refractivity contribution in [2.45, 2.75) is 39.3 Å². The van der Waals surface area contributed by atoms with Crippen LogP contribution in [-0.4, -0.2) is 53.8 Å². The fourth-order valence-corrected chi connectivity index (χ4v) is 4.24. The normalized spacial score (nSPS) is 15.2. The van der Waals surface area contributed by atoms with Crippen LogP contribution in [0.3, 0.4) is 0 Å². The number of nitrogens with one attached hydrogen (secondary N) is 1. The number of imidazole rings is 1. The molecule has 0 aliphatic carbocycles. The summed E-state index contributed by atoms with van der Waals surface area (Å²) in [6, 6.07) is 17.0. The van der Waals surface area contributed by atoms with Gasteiger partial charge in [-0.25, -0.2) is 9.98 Å². The number of hydrogen-bond acceptors (Lipinski definition) is 3. The summed E-state index contributed by atoms with van der Waals surface area (Å²) >= 11 is 0. The Kier molecular flexibility index (Phi) is 7.77. The molecule has 0 atom stereocenters. The fraction of sp³-hybridized carbons (Fsp3) is 0.462. The fourth-order valence-electron chi connectivity index (χ4n) is 4.24. The van der Waals surface area contributed by atoms with Crippen molar-refractivity contribution in [2.75, 3.05) is 33.4 Å². The molecular formula is C26H35N5O. The number of rotatable bonds is 8. The Hall–Kier alpha value is -2.86. The van der Waals surface area contributed by atoms with Gasteiger partial charge in [0.1, 0.15) is 0 Å². The summed E-state index contributed by atoms with van der Waals surface area (Å²) in [5.74, 6) is 1.75. The van der Waals surface area contributed by atoms with Crippen LogP contribution in [0.15, 0.2) is 59.9 Å². The van der Waals surface area contributed by atoms with Gasteiger partial charge < -0.3 is 19.5 Å². The van der Waals surface area contributed by atoms with Gasteiger partial charge in [-0.05, 0) is 55.4 Å². The Morgan fingerprint density at radius 3 is 2.66 bits per heavy atom. The van der Waals surface area contributed by atoms with Crippen molar-refractivity contribution >= 4 is 17.0 Å². The lowest BCUT2D eigenvalue weighted by molar-refractivity contribution is 0.0625. The predicted molar refractivity (Wildman–Crippen MR) is 131 cm³/mol. The molecule has 3 aromatic rings. The van der Waals surface area contributed by atoms with E-state index in [-0.39, 0.29) is 0 Å². The van der Waals surface area contributed by atoms with Gasteiger partial charge in [0.15, 0.2) is 5.96 Å². The number of nitrogens with zero attached hydrogens (tertiary/aromatic N) is 4. The van der Waals surface area contributed by atoms with Crippen molar-refractivity contribution in [1.29, 1.82) is 0 Å². The van der Waals surface area contributed by atoms with E-state index in [0.29, 0.717) is 6.54 Å². The van der Waals surface area contributed by atoms with Gasteiger partial charge in [-0.1, -0.05) is 36.4 Å². The first-order valence-corrected chi connectivity index (χ1v) is 11.8. The Morgan fingerprint density at radius 1 is 1.12 bits per heavy atom. The quantitative estimate of drug-likeness (QED) is 0.425. The van der Waals surface area contributed by atoms with Crippen molar-refractivity contribution in [3.05, 3.63) is 66.0 Å². The number of aromatic nitrogens is 2. The maximum Gasteiger partial charge on any atom is 0.193 e. The summed E-state index contributed by atoms with van der Waals surface area (Å²) in [5, 5.41) is 3.44. The summed E-state index contributed by atoms with van der Waals surface area (Å²) < 4.78 is 7.68. The second-order valence-corrected chi connectivity index (χ2v) is 8.61. The molecule has 1 saturated heterocycles. The van der Waals surface area contributed by atoms with Crippen molar-refractivity contribution < 1.29 is 4.74 Å². The summed E-state index contributed by atoms with van der Waals surface area (Å²) in [6.45, 7) is 7.34. The molecule has 0 saturated carbocycles. The van der Waals surface area contributed by atoms with E-state index in [0.717, 1.165) is 50.2 Å². The first-order valence-electron chi connectivity index (χ1n) is 11.8. The predicted octanol–water partition coefficient (Wildman–Crippen LogP) is 4.30. The van der Waals surface area contributed by atoms with Crippen LogP contribution in [0.2, 0.25) is 0 Å². The molecule has 170 valence electrons. The van der Waals surface area contributed by atoms with Crippen LogP contribution in [0, 0.1) is 5.92 Å². The monoisotopic (exact) mass is 433 g/mol. The number of fused-ring (bicyclic) bond motifs is 1. The molecule has 2 aromatic carbocycles. The van der Waals surface area contributed by atoms with Crippen LogP contribution in [0.1, 0.15) is 37.3 Å². The Bertz CT molecular complexity index is 1000. The number of para-hydroxylation sites is 2. The summed E-state index contributed by atoms with van der Waals surface area (Å²) in [4.78, 5) is 11.6. The van der Waals surface area contributed by atoms with E-state index < -0.39 is 0 Å². The van der Waals surface area contributed by atoms with Crippen LogP contribution in [0.4, 0.5) is 0 Å². The lowest BCUT2D eigenvalue weighted by Crippen LogP contribution is -2.40. The van der Waals surface area contributed by atoms with Gasteiger partial charge in [0, 0.05) is 39.9 Å². The highest BCUT2D eigenvalue weighted by molar-refractivity contribution is 5.79. The molecule has 0 amide bonds. The molecule has 1 aliphatic heterocycles. The van der Waals surface area contributed by atoms with Gasteiger partial charge in [0.25, 0.3) is 0 Å². The summed E-state index contributed by atoms with van der Waals surface area (Å²) in [6.07, 6.45) is 5.48. The molecule has 6 heteroatoms. The van der Waals surface area contributed by atoms with E-state index in [1.54, 1.807) is 0 Å². The SMILES string of the molecule is CCNC(=NCc1ccc(Cn2cnc3ccccc32)cc1)N(C)CCC1CCOCC1. The molecule has 1 aliphatic rings. The minimum absolute atomic E-state index is 0.679. The highest BCUT2D eigenvalue weighted by atomic mass is 16.5. The van der Waals surface area contributed by atoms with Crippen LogP contribution in [0.25, 0.3) is 11.0 Å². The lowest BCUT2D eigenvalue weighted by Gasteiger charge is -2.26. The molecule has 6 nitrogen and oxygen atoms in total. The Labute approximate surface area is 191 Å². The third-order valence-electron chi connectivity index (χ3n) is 6.22. The third kappa shape index (κ3) is 5.88. The first-order chi connectivity index (χ1) is 15.7. The zero-order chi connectivity index (χ0) is 22.2. The zero-order valence-corrected chi connectivity index (χ0v) is 19.3. The number of hydrogen-bond donors (Lipinski definition) is 1. The summed E-state index contributed by atoms with van der Waals surface area (Å²) in [5.41, 5.74) is 4.69. The number of guanidine groups is 1. The molecule has 0 bridgehead atoms. The van der Waals surface area contributed by atoms with Gasteiger partial charge in [0.05, 0.1) is 23.9 Å². The second-order valence-electron chi connectivity index (χ2n) is 8.61. The molecule has 0 spiro atoms. The summed E-state index contributed by atoms with van der Waals surface area (Å²) in [7, 11) is 2.14. The third-order valence-corrected chi connectivity index (χ3v) is 6.22. The molecule has 32 heavy (non-hydrogen) atoms. The van der Waals surface area contributed by atoms with Crippen molar-refractivity contribution in [2.24, 2.45) is 10.9 Å². The molecule has 1 aromatic heterocycles. The van der Waals surface area contributed by atoms with Crippen LogP contribution in [-0.2, 0) is 17.8 Å². The Balaban J connectivity index is 1.34. The second kappa shape index (κ2) is 11.1. The smallest absolute Gasteiger partial charge is 0.193 e. The van der Waals surface area contributed by atoms with Crippen molar-refractivity contribution in [3.63, 3.8) is 0 Å². The zero-order valence-electron chi connectivity index (χ0n) is 19.3. The number of aliphatic imine (C=N–C) groups is 1. The van der Waals surface area contributed by atoms with Crippen molar-refractivity contribution in [3.8, 4) is 0 Å². The van der Waals surface area contributed by atoms with E-state index in [1.807, 2.05) is 12.4 Å². The lowest BCUT2D eigenvalue weighted by atomic mass is 9.96. The highest BCUT2D eigenvalue weighted by Crippen LogP contribution is 2.19. The van der Waals surface area contributed by atoms with Crippen molar-refractivity contribution in [1.82, 2.24) is 19.8 Å². The van der Waals surface area contributed by atoms with Crippen LogP contribution >= 0.6 is 0 Å². The van der Waals surface area contributed by atoms with Gasteiger partial charge >= 0.3 is 0 Å². The molecule has 4 rings (SSSR count). The molecule has 1 fully saturated rings. The molecule has 1 N–H and O–H groups in total. The van der Waals surface area contributed by atoms with E-state index in [4.69, 9.17) is 9.73 Å². The van der Waals surface area contributed by atoms with E-state index in [1.165, 1.54) is 35.9 Å². The maximum atomic E-state index is 5.48. The average Bonchev–Trinajstić information content (AvgIpc) is 3.24. The van der Waals surface area contributed by atoms with Gasteiger partial charge in [-0.15, -0.1) is 0 Å². The first kappa shape index (κ1) is 22.3. The largest absolute Gasteiger partial charge is 0.381 e. The molecule has 2 heterocycles. The minimum atomic E-state index is 0.679. The molecule has 0 radical (unpaired) electrons. The number of benzene rings is 2. The van der Waals surface area contributed by atoms with Crippen LogP contribution < -0.4 is 5.32 Å². The van der Waals surface area contributed by atoms with Gasteiger partial charge in [-0.2, -0.15) is 0 Å². The molecular weight excluding hydrogens is 398 g/mol. The minimum Gasteiger partial charge on any atom is -0.381 e. The van der Waals surface area contributed by atoms with Crippen LogP contribution in [0.5, 0.6) is 0 Å².